The lowest BCUT2D eigenvalue weighted by Gasteiger charge is -2.19. The summed E-state index contributed by atoms with van der Waals surface area (Å²) in [5.41, 5.74) is 2.35. The van der Waals surface area contributed by atoms with Gasteiger partial charge in [0.05, 0.1) is 0 Å². The standard InChI is InChI=1S/C15H17BrN2O/c1-15(2,3)12-5-4-6-13(7-12)19-14-17-9-11(8-16)10-18-14/h4-7,9-10H,8H2,1-3H3. The summed E-state index contributed by atoms with van der Waals surface area (Å²) in [6.45, 7) is 6.52. The molecule has 0 amide bonds. The largest absolute Gasteiger partial charge is 0.424 e. The Balaban J connectivity index is 2.18. The molecule has 3 nitrogen and oxygen atoms in total. The molecule has 1 aromatic carbocycles. The number of halogens is 1. The van der Waals surface area contributed by atoms with Gasteiger partial charge in [0, 0.05) is 17.7 Å². The minimum Gasteiger partial charge on any atom is -0.424 e. The SMILES string of the molecule is CC(C)(C)c1cccc(Oc2ncc(CBr)cn2)c1. The number of ether oxygens (including phenoxy) is 1. The van der Waals surface area contributed by atoms with Gasteiger partial charge in [0.1, 0.15) is 5.75 Å². The van der Waals surface area contributed by atoms with Crippen LogP contribution >= 0.6 is 15.9 Å². The van der Waals surface area contributed by atoms with E-state index in [0.717, 1.165) is 16.6 Å². The van der Waals surface area contributed by atoms with Gasteiger partial charge >= 0.3 is 6.01 Å². The summed E-state index contributed by atoms with van der Waals surface area (Å²) in [7, 11) is 0. The number of aromatic nitrogens is 2. The molecule has 0 radical (unpaired) electrons. The highest BCUT2D eigenvalue weighted by Crippen LogP contribution is 2.27. The molecule has 4 heteroatoms. The van der Waals surface area contributed by atoms with Gasteiger partial charge in [-0.05, 0) is 28.7 Å². The second-order valence-electron chi connectivity index (χ2n) is 5.39. The fourth-order valence-corrected chi connectivity index (χ4v) is 1.89. The molecular formula is C15H17BrN2O. The molecule has 0 saturated carbocycles. The average molecular weight is 321 g/mol. The summed E-state index contributed by atoms with van der Waals surface area (Å²) in [5.74, 6) is 0.763. The van der Waals surface area contributed by atoms with Gasteiger partial charge in [-0.25, -0.2) is 9.97 Å². The first kappa shape index (κ1) is 14.0. The predicted molar refractivity (Wildman–Crippen MR) is 79.9 cm³/mol. The van der Waals surface area contributed by atoms with Crippen LogP contribution in [0.2, 0.25) is 0 Å². The lowest BCUT2D eigenvalue weighted by atomic mass is 9.87. The van der Waals surface area contributed by atoms with Crippen LogP contribution in [-0.4, -0.2) is 9.97 Å². The number of benzene rings is 1. The van der Waals surface area contributed by atoms with Crippen molar-refractivity contribution >= 4 is 15.9 Å². The van der Waals surface area contributed by atoms with Crippen LogP contribution in [0.3, 0.4) is 0 Å². The van der Waals surface area contributed by atoms with Gasteiger partial charge in [0.2, 0.25) is 0 Å². The Bertz CT molecular complexity index is 547. The molecule has 0 aliphatic heterocycles. The molecule has 0 aliphatic rings. The summed E-state index contributed by atoms with van der Waals surface area (Å²) >= 11 is 3.36. The predicted octanol–water partition coefficient (Wildman–Crippen LogP) is 4.46. The van der Waals surface area contributed by atoms with Gasteiger partial charge < -0.3 is 4.74 Å². The molecule has 2 aromatic rings. The fraction of sp³-hybridized carbons (Fsp3) is 0.333. The lowest BCUT2D eigenvalue weighted by Crippen LogP contribution is -2.10. The number of nitrogens with zero attached hydrogens (tertiary/aromatic N) is 2. The van der Waals surface area contributed by atoms with Gasteiger partial charge in [0.25, 0.3) is 0 Å². The topological polar surface area (TPSA) is 35.0 Å². The first-order valence-electron chi connectivity index (χ1n) is 6.14. The van der Waals surface area contributed by atoms with Crippen molar-refractivity contribution in [3.8, 4) is 11.8 Å². The third-order valence-electron chi connectivity index (χ3n) is 2.75. The molecule has 0 unspecified atom stereocenters. The van der Waals surface area contributed by atoms with E-state index in [1.54, 1.807) is 12.4 Å². The Labute approximate surface area is 122 Å². The van der Waals surface area contributed by atoms with Crippen molar-refractivity contribution < 1.29 is 4.74 Å². The van der Waals surface area contributed by atoms with E-state index in [1.807, 2.05) is 18.2 Å². The summed E-state index contributed by atoms with van der Waals surface area (Å²) in [5, 5.41) is 0.743. The highest BCUT2D eigenvalue weighted by molar-refractivity contribution is 9.08. The molecule has 0 bridgehead atoms. The molecular weight excluding hydrogens is 304 g/mol. The maximum absolute atomic E-state index is 5.68. The molecule has 0 saturated heterocycles. The third kappa shape index (κ3) is 3.77. The maximum Gasteiger partial charge on any atom is 0.321 e. The molecule has 0 fully saturated rings. The molecule has 100 valence electrons. The Hall–Kier alpha value is -1.42. The molecule has 1 aromatic heterocycles. The van der Waals surface area contributed by atoms with E-state index in [0.29, 0.717) is 6.01 Å². The van der Waals surface area contributed by atoms with Crippen molar-refractivity contribution in [3.05, 3.63) is 47.8 Å². The highest BCUT2D eigenvalue weighted by atomic mass is 79.9. The van der Waals surface area contributed by atoms with E-state index in [4.69, 9.17) is 4.74 Å². The Morgan fingerprint density at radius 1 is 1.16 bits per heavy atom. The number of rotatable bonds is 3. The van der Waals surface area contributed by atoms with Crippen LogP contribution in [0.1, 0.15) is 31.9 Å². The summed E-state index contributed by atoms with van der Waals surface area (Å²) in [6, 6.07) is 8.40. The summed E-state index contributed by atoms with van der Waals surface area (Å²) in [4.78, 5) is 8.35. The van der Waals surface area contributed by atoms with Crippen LogP contribution in [-0.2, 0) is 10.7 Å². The van der Waals surface area contributed by atoms with E-state index in [1.165, 1.54) is 5.56 Å². The van der Waals surface area contributed by atoms with Crippen LogP contribution in [0.25, 0.3) is 0 Å². The second kappa shape index (κ2) is 5.70. The monoisotopic (exact) mass is 320 g/mol. The average Bonchev–Trinajstić information content (AvgIpc) is 2.39. The van der Waals surface area contributed by atoms with Crippen molar-refractivity contribution in [1.29, 1.82) is 0 Å². The summed E-state index contributed by atoms with van der Waals surface area (Å²) < 4.78 is 5.68. The smallest absolute Gasteiger partial charge is 0.321 e. The fourth-order valence-electron chi connectivity index (χ4n) is 1.60. The van der Waals surface area contributed by atoms with E-state index >= 15 is 0 Å². The molecule has 0 spiro atoms. The van der Waals surface area contributed by atoms with Crippen LogP contribution in [0, 0.1) is 0 Å². The number of hydrogen-bond acceptors (Lipinski definition) is 3. The van der Waals surface area contributed by atoms with E-state index in [2.05, 4.69) is 52.7 Å². The van der Waals surface area contributed by atoms with Crippen molar-refractivity contribution in [3.63, 3.8) is 0 Å². The highest BCUT2D eigenvalue weighted by Gasteiger charge is 2.14. The van der Waals surface area contributed by atoms with Crippen molar-refractivity contribution in [2.75, 3.05) is 0 Å². The second-order valence-corrected chi connectivity index (χ2v) is 5.95. The third-order valence-corrected chi connectivity index (χ3v) is 3.39. The van der Waals surface area contributed by atoms with Gasteiger partial charge in [-0.1, -0.05) is 48.8 Å². The minimum atomic E-state index is 0.0973. The minimum absolute atomic E-state index is 0.0973. The quantitative estimate of drug-likeness (QED) is 0.783. The van der Waals surface area contributed by atoms with Crippen LogP contribution in [0.4, 0.5) is 0 Å². The zero-order chi connectivity index (χ0) is 13.9. The zero-order valence-electron chi connectivity index (χ0n) is 11.4. The molecule has 19 heavy (non-hydrogen) atoms. The van der Waals surface area contributed by atoms with Gasteiger partial charge in [-0.3, -0.25) is 0 Å². The van der Waals surface area contributed by atoms with Crippen molar-refractivity contribution in [1.82, 2.24) is 9.97 Å². The molecule has 0 aliphatic carbocycles. The molecule has 2 rings (SSSR count). The molecule has 0 N–H and O–H groups in total. The Morgan fingerprint density at radius 2 is 1.84 bits per heavy atom. The summed E-state index contributed by atoms with van der Waals surface area (Å²) in [6.07, 6.45) is 3.51. The lowest BCUT2D eigenvalue weighted by molar-refractivity contribution is 0.438. The maximum atomic E-state index is 5.68. The first-order chi connectivity index (χ1) is 8.99. The normalized spacial score (nSPS) is 11.4. The molecule has 0 atom stereocenters. The van der Waals surface area contributed by atoms with Gasteiger partial charge in [0.15, 0.2) is 0 Å². The van der Waals surface area contributed by atoms with E-state index in [-0.39, 0.29) is 5.41 Å². The van der Waals surface area contributed by atoms with Gasteiger partial charge in [-0.15, -0.1) is 0 Å². The first-order valence-corrected chi connectivity index (χ1v) is 7.26. The van der Waals surface area contributed by atoms with E-state index in [9.17, 15) is 0 Å². The number of alkyl halides is 1. The Morgan fingerprint density at radius 3 is 2.42 bits per heavy atom. The number of hydrogen-bond donors (Lipinski definition) is 0. The Kier molecular flexibility index (Phi) is 4.20. The zero-order valence-corrected chi connectivity index (χ0v) is 12.9. The van der Waals surface area contributed by atoms with E-state index < -0.39 is 0 Å². The van der Waals surface area contributed by atoms with Gasteiger partial charge in [-0.2, -0.15) is 0 Å². The van der Waals surface area contributed by atoms with Crippen LogP contribution in [0.15, 0.2) is 36.7 Å². The van der Waals surface area contributed by atoms with Crippen molar-refractivity contribution in [2.24, 2.45) is 0 Å². The van der Waals surface area contributed by atoms with Crippen molar-refractivity contribution in [2.45, 2.75) is 31.5 Å². The molecule has 1 heterocycles. The van der Waals surface area contributed by atoms with Crippen LogP contribution in [0.5, 0.6) is 11.8 Å². The van der Waals surface area contributed by atoms with Crippen LogP contribution < -0.4 is 4.74 Å².